The summed E-state index contributed by atoms with van der Waals surface area (Å²) < 4.78 is 16.3. The summed E-state index contributed by atoms with van der Waals surface area (Å²) in [6, 6.07) is 16.0. The summed E-state index contributed by atoms with van der Waals surface area (Å²) in [4.78, 5) is 0. The Kier molecular flexibility index (Phi) is 3.99. The van der Waals surface area contributed by atoms with Crippen molar-refractivity contribution in [3.05, 3.63) is 54.2 Å². The van der Waals surface area contributed by atoms with Crippen LogP contribution in [0, 0.1) is 22.7 Å². The Labute approximate surface area is 132 Å². The van der Waals surface area contributed by atoms with Gasteiger partial charge in [0.25, 0.3) is 0 Å². The molecule has 2 aromatic rings. The highest BCUT2D eigenvalue weighted by molar-refractivity contribution is 5.52. The van der Waals surface area contributed by atoms with Gasteiger partial charge in [-0.1, -0.05) is 0 Å². The fourth-order valence-corrected chi connectivity index (χ4v) is 1.94. The summed E-state index contributed by atoms with van der Waals surface area (Å²) in [7, 11) is 0. The minimum absolute atomic E-state index is 0.00527. The molecule has 0 amide bonds. The van der Waals surface area contributed by atoms with E-state index < -0.39 is 0 Å². The van der Waals surface area contributed by atoms with E-state index in [1.165, 1.54) is 6.20 Å². The highest BCUT2D eigenvalue weighted by Crippen LogP contribution is 2.36. The number of nitriles is 2. The zero-order chi connectivity index (χ0) is 16.1. The molecule has 0 fully saturated rings. The molecular weight excluding hydrogens is 294 g/mol. The van der Waals surface area contributed by atoms with Crippen molar-refractivity contribution in [1.82, 2.24) is 0 Å². The zero-order valence-corrected chi connectivity index (χ0v) is 11.9. The highest BCUT2D eigenvalue weighted by atomic mass is 16.7. The van der Waals surface area contributed by atoms with Crippen LogP contribution in [0.3, 0.4) is 0 Å². The monoisotopic (exact) mass is 305 g/mol. The molecule has 1 N–H and O–H groups in total. The SMILES string of the molecule is N#CC(C#N)=CNc1ccc(Oc2ccc3c(c2)OCO3)cc1. The van der Waals surface area contributed by atoms with E-state index in [1.54, 1.807) is 54.6 Å². The van der Waals surface area contributed by atoms with Crippen LogP contribution in [0.2, 0.25) is 0 Å². The molecule has 3 rings (SSSR count). The second-order valence-electron chi connectivity index (χ2n) is 4.57. The van der Waals surface area contributed by atoms with E-state index in [9.17, 15) is 0 Å². The number of nitrogens with one attached hydrogen (secondary N) is 1. The van der Waals surface area contributed by atoms with Crippen molar-refractivity contribution in [3.8, 4) is 35.1 Å². The first-order chi connectivity index (χ1) is 11.3. The minimum atomic E-state index is 0.00527. The van der Waals surface area contributed by atoms with Crippen LogP contribution in [0.15, 0.2) is 54.2 Å². The lowest BCUT2D eigenvalue weighted by atomic mass is 10.2. The molecule has 2 aromatic carbocycles. The lowest BCUT2D eigenvalue weighted by Crippen LogP contribution is -1.92. The van der Waals surface area contributed by atoms with Crippen LogP contribution in [0.5, 0.6) is 23.0 Å². The van der Waals surface area contributed by atoms with E-state index in [4.69, 9.17) is 24.7 Å². The van der Waals surface area contributed by atoms with Gasteiger partial charge in [-0.25, -0.2) is 0 Å². The van der Waals surface area contributed by atoms with Crippen LogP contribution < -0.4 is 19.5 Å². The molecule has 0 unspecified atom stereocenters. The van der Waals surface area contributed by atoms with E-state index in [0.29, 0.717) is 23.0 Å². The lowest BCUT2D eigenvalue weighted by molar-refractivity contribution is 0.174. The minimum Gasteiger partial charge on any atom is -0.457 e. The van der Waals surface area contributed by atoms with Gasteiger partial charge in [-0.15, -0.1) is 0 Å². The van der Waals surface area contributed by atoms with Crippen LogP contribution >= 0.6 is 0 Å². The molecule has 6 heteroatoms. The summed E-state index contributed by atoms with van der Waals surface area (Å²) in [5, 5.41) is 20.2. The number of anilines is 1. The van der Waals surface area contributed by atoms with E-state index in [2.05, 4.69) is 5.32 Å². The number of nitrogens with zero attached hydrogens (tertiary/aromatic N) is 2. The molecule has 0 atom stereocenters. The second-order valence-corrected chi connectivity index (χ2v) is 4.57. The third kappa shape index (κ3) is 3.34. The molecule has 0 saturated heterocycles. The molecule has 0 aromatic heterocycles. The number of fused-ring (bicyclic) bond motifs is 1. The van der Waals surface area contributed by atoms with Crippen molar-refractivity contribution in [3.63, 3.8) is 0 Å². The molecule has 0 spiro atoms. The summed E-state index contributed by atoms with van der Waals surface area (Å²) in [5.41, 5.74) is 0.747. The molecule has 1 heterocycles. The molecule has 1 aliphatic rings. The highest BCUT2D eigenvalue weighted by Gasteiger charge is 2.13. The first-order valence-corrected chi connectivity index (χ1v) is 6.73. The smallest absolute Gasteiger partial charge is 0.231 e. The summed E-state index contributed by atoms with van der Waals surface area (Å²) in [6.07, 6.45) is 1.35. The van der Waals surface area contributed by atoms with Crippen LogP contribution in [0.1, 0.15) is 0 Å². The van der Waals surface area contributed by atoms with Crippen molar-refractivity contribution >= 4 is 5.69 Å². The molecule has 6 nitrogen and oxygen atoms in total. The van der Waals surface area contributed by atoms with Crippen molar-refractivity contribution < 1.29 is 14.2 Å². The van der Waals surface area contributed by atoms with Crippen molar-refractivity contribution in [1.29, 1.82) is 10.5 Å². The normalized spacial score (nSPS) is 11.0. The van der Waals surface area contributed by atoms with Gasteiger partial charge in [0.15, 0.2) is 11.5 Å². The third-order valence-corrected chi connectivity index (χ3v) is 3.06. The molecular formula is C17H11N3O3. The number of hydrogen-bond donors (Lipinski definition) is 1. The Morgan fingerprint density at radius 2 is 1.70 bits per heavy atom. The van der Waals surface area contributed by atoms with E-state index in [0.717, 1.165) is 5.69 Å². The number of benzene rings is 2. The Hall–Kier alpha value is -3.64. The average molecular weight is 305 g/mol. The maximum Gasteiger partial charge on any atom is 0.231 e. The zero-order valence-electron chi connectivity index (χ0n) is 11.9. The van der Waals surface area contributed by atoms with E-state index in [1.807, 2.05) is 0 Å². The number of rotatable bonds is 4. The maximum absolute atomic E-state index is 8.66. The first-order valence-electron chi connectivity index (χ1n) is 6.73. The average Bonchev–Trinajstić information content (AvgIpc) is 3.05. The number of ether oxygens (including phenoxy) is 3. The molecule has 0 aliphatic carbocycles. The largest absolute Gasteiger partial charge is 0.457 e. The van der Waals surface area contributed by atoms with Gasteiger partial charge in [0, 0.05) is 18.0 Å². The topological polar surface area (TPSA) is 87.3 Å². The predicted octanol–water partition coefficient (Wildman–Crippen LogP) is 3.55. The van der Waals surface area contributed by atoms with Crippen LogP contribution in [0.4, 0.5) is 5.69 Å². The lowest BCUT2D eigenvalue weighted by Gasteiger charge is -2.07. The van der Waals surface area contributed by atoms with Crippen LogP contribution in [0.25, 0.3) is 0 Å². The van der Waals surface area contributed by atoms with Gasteiger partial charge in [-0.05, 0) is 36.4 Å². The predicted molar refractivity (Wildman–Crippen MR) is 82.0 cm³/mol. The molecule has 1 aliphatic heterocycles. The Morgan fingerprint density at radius 3 is 2.43 bits per heavy atom. The van der Waals surface area contributed by atoms with Gasteiger partial charge in [-0.2, -0.15) is 10.5 Å². The standard InChI is InChI=1S/C17H11N3O3/c18-8-12(9-19)10-20-13-1-3-14(4-2-13)23-15-5-6-16-17(7-15)22-11-21-16/h1-7,10,20H,11H2. The fraction of sp³-hybridized carbons (Fsp3) is 0.0588. The van der Waals surface area contributed by atoms with Gasteiger partial charge in [0.05, 0.1) is 0 Å². The Balaban J connectivity index is 1.67. The molecule has 112 valence electrons. The van der Waals surface area contributed by atoms with Gasteiger partial charge in [0.2, 0.25) is 6.79 Å². The summed E-state index contributed by atoms with van der Waals surface area (Å²) >= 11 is 0. The molecule has 0 saturated carbocycles. The van der Waals surface area contributed by atoms with Crippen molar-refractivity contribution in [2.45, 2.75) is 0 Å². The third-order valence-electron chi connectivity index (χ3n) is 3.06. The Bertz CT molecular complexity index is 814. The van der Waals surface area contributed by atoms with Crippen LogP contribution in [-0.2, 0) is 0 Å². The number of allylic oxidation sites excluding steroid dienone is 1. The molecule has 0 radical (unpaired) electrons. The van der Waals surface area contributed by atoms with Crippen LogP contribution in [-0.4, -0.2) is 6.79 Å². The van der Waals surface area contributed by atoms with Gasteiger partial charge < -0.3 is 19.5 Å². The molecule has 0 bridgehead atoms. The van der Waals surface area contributed by atoms with Crippen molar-refractivity contribution in [2.75, 3.05) is 12.1 Å². The summed E-state index contributed by atoms with van der Waals surface area (Å²) in [6.45, 7) is 0.222. The van der Waals surface area contributed by atoms with Gasteiger partial charge in [-0.3, -0.25) is 0 Å². The van der Waals surface area contributed by atoms with Crippen molar-refractivity contribution in [2.24, 2.45) is 0 Å². The van der Waals surface area contributed by atoms with E-state index >= 15 is 0 Å². The number of hydrogen-bond acceptors (Lipinski definition) is 6. The van der Waals surface area contributed by atoms with Gasteiger partial charge in [0.1, 0.15) is 29.2 Å². The summed E-state index contributed by atoms with van der Waals surface area (Å²) in [5.74, 6) is 2.66. The fourth-order valence-electron chi connectivity index (χ4n) is 1.94. The van der Waals surface area contributed by atoms with Gasteiger partial charge >= 0.3 is 0 Å². The second kappa shape index (κ2) is 6.42. The first kappa shape index (κ1) is 14.3. The quantitative estimate of drug-likeness (QED) is 0.869. The molecule has 23 heavy (non-hydrogen) atoms. The maximum atomic E-state index is 8.66. The Morgan fingerprint density at radius 1 is 1.00 bits per heavy atom. The van der Waals surface area contributed by atoms with E-state index in [-0.39, 0.29) is 12.4 Å².